The number of ether oxygens (including phenoxy) is 1. The number of benzene rings is 3. The first kappa shape index (κ1) is 17.1. The van der Waals surface area contributed by atoms with Crippen molar-refractivity contribution in [1.29, 1.82) is 0 Å². The highest BCUT2D eigenvalue weighted by molar-refractivity contribution is 5.76. The Morgan fingerprint density at radius 3 is 2.41 bits per heavy atom. The molecule has 0 radical (unpaired) electrons. The molecule has 0 unspecified atom stereocenters. The molecule has 0 amide bonds. The molecular weight excluding hydrogens is 360 g/mol. The molecule has 0 N–H and O–H groups in total. The van der Waals surface area contributed by atoms with Crippen LogP contribution in [0.1, 0.15) is 5.56 Å². The minimum absolute atomic E-state index is 0.502. The van der Waals surface area contributed by atoms with Crippen molar-refractivity contribution in [3.63, 3.8) is 0 Å². The zero-order valence-corrected chi connectivity index (χ0v) is 15.6. The van der Waals surface area contributed by atoms with Gasteiger partial charge in [0.25, 0.3) is 0 Å². The van der Waals surface area contributed by atoms with E-state index in [1.807, 2.05) is 89.7 Å². The Morgan fingerprint density at radius 2 is 1.52 bits per heavy atom. The van der Waals surface area contributed by atoms with Crippen molar-refractivity contribution < 1.29 is 4.74 Å². The molecule has 0 spiro atoms. The van der Waals surface area contributed by atoms with Crippen LogP contribution in [0.5, 0.6) is 5.75 Å². The van der Waals surface area contributed by atoms with E-state index in [-0.39, 0.29) is 0 Å². The van der Waals surface area contributed by atoms with Gasteiger partial charge in [-0.15, -0.1) is 0 Å². The van der Waals surface area contributed by atoms with E-state index < -0.39 is 0 Å². The summed E-state index contributed by atoms with van der Waals surface area (Å²) in [4.78, 5) is 9.20. The maximum Gasteiger partial charge on any atom is 0.145 e. The molecule has 0 saturated carbocycles. The van der Waals surface area contributed by atoms with Crippen molar-refractivity contribution in [2.24, 2.45) is 0 Å². The maximum absolute atomic E-state index is 6.06. The number of rotatable bonds is 5. The van der Waals surface area contributed by atoms with Gasteiger partial charge in [0.2, 0.25) is 0 Å². The molecule has 5 nitrogen and oxygen atoms in total. The summed E-state index contributed by atoms with van der Waals surface area (Å²) in [5.41, 5.74) is 5.43. The third kappa shape index (κ3) is 3.58. The minimum atomic E-state index is 0.502. The van der Waals surface area contributed by atoms with Gasteiger partial charge in [0.15, 0.2) is 0 Å². The van der Waals surface area contributed by atoms with E-state index in [0.29, 0.717) is 6.61 Å². The molecule has 3 aromatic carbocycles. The highest BCUT2D eigenvalue weighted by Crippen LogP contribution is 2.26. The molecule has 0 bridgehead atoms. The van der Waals surface area contributed by atoms with E-state index in [4.69, 9.17) is 9.72 Å². The number of aromatic nitrogens is 4. The van der Waals surface area contributed by atoms with Crippen LogP contribution < -0.4 is 4.74 Å². The van der Waals surface area contributed by atoms with E-state index in [2.05, 4.69) is 10.1 Å². The van der Waals surface area contributed by atoms with Crippen LogP contribution in [-0.4, -0.2) is 19.7 Å². The first-order chi connectivity index (χ1) is 14.4. The molecule has 0 aliphatic heterocycles. The van der Waals surface area contributed by atoms with E-state index >= 15 is 0 Å². The SMILES string of the molecule is c1ccc(COc2ccccc2-n2cc(-c3cnc4ccccc4n3)cn2)cc1. The van der Waals surface area contributed by atoms with Gasteiger partial charge in [-0.3, -0.25) is 4.98 Å². The van der Waals surface area contributed by atoms with Crippen molar-refractivity contribution in [2.45, 2.75) is 6.61 Å². The van der Waals surface area contributed by atoms with Crippen molar-refractivity contribution >= 4 is 11.0 Å². The molecular formula is C24H18N4O. The molecule has 2 aromatic heterocycles. The molecule has 140 valence electrons. The molecule has 0 fully saturated rings. The zero-order chi connectivity index (χ0) is 19.5. The second-order valence-electron chi connectivity index (χ2n) is 6.66. The van der Waals surface area contributed by atoms with Gasteiger partial charge in [-0.05, 0) is 29.8 Å². The largest absolute Gasteiger partial charge is 0.487 e. The van der Waals surface area contributed by atoms with Crippen molar-refractivity contribution in [3.05, 3.63) is 103 Å². The van der Waals surface area contributed by atoms with E-state index in [1.54, 1.807) is 12.4 Å². The second kappa shape index (κ2) is 7.56. The minimum Gasteiger partial charge on any atom is -0.487 e. The molecule has 0 saturated heterocycles. The molecule has 5 heteroatoms. The van der Waals surface area contributed by atoms with Gasteiger partial charge < -0.3 is 4.74 Å². The fourth-order valence-corrected chi connectivity index (χ4v) is 3.19. The summed E-state index contributed by atoms with van der Waals surface area (Å²) >= 11 is 0. The lowest BCUT2D eigenvalue weighted by molar-refractivity contribution is 0.304. The van der Waals surface area contributed by atoms with Crippen molar-refractivity contribution in [3.8, 4) is 22.7 Å². The third-order valence-corrected chi connectivity index (χ3v) is 4.68. The van der Waals surface area contributed by atoms with Crippen LogP contribution >= 0.6 is 0 Å². The first-order valence-electron chi connectivity index (χ1n) is 9.40. The zero-order valence-electron chi connectivity index (χ0n) is 15.6. The van der Waals surface area contributed by atoms with E-state index in [1.165, 1.54) is 0 Å². The average molecular weight is 378 g/mol. The second-order valence-corrected chi connectivity index (χ2v) is 6.66. The quantitative estimate of drug-likeness (QED) is 0.429. The fraction of sp³-hybridized carbons (Fsp3) is 0.0417. The topological polar surface area (TPSA) is 52.8 Å². The fourth-order valence-electron chi connectivity index (χ4n) is 3.19. The van der Waals surface area contributed by atoms with Gasteiger partial charge >= 0.3 is 0 Å². The summed E-state index contributed by atoms with van der Waals surface area (Å²) in [6.07, 6.45) is 5.53. The summed E-state index contributed by atoms with van der Waals surface area (Å²) in [5, 5.41) is 4.53. The number of para-hydroxylation sites is 4. The normalized spacial score (nSPS) is 10.9. The predicted octanol–water partition coefficient (Wildman–Crippen LogP) is 5.06. The van der Waals surface area contributed by atoms with Crippen LogP contribution in [0, 0.1) is 0 Å². The molecule has 0 aliphatic rings. The van der Waals surface area contributed by atoms with Crippen LogP contribution in [0.4, 0.5) is 0 Å². The van der Waals surface area contributed by atoms with Crippen LogP contribution in [-0.2, 0) is 6.61 Å². The number of fused-ring (bicyclic) bond motifs is 1. The Labute approximate surface area is 168 Å². The van der Waals surface area contributed by atoms with Gasteiger partial charge in [-0.1, -0.05) is 54.6 Å². The Morgan fingerprint density at radius 1 is 0.759 bits per heavy atom. The Hall–Kier alpha value is -3.99. The number of hydrogen-bond acceptors (Lipinski definition) is 4. The summed E-state index contributed by atoms with van der Waals surface area (Å²) in [6.45, 7) is 0.502. The van der Waals surface area contributed by atoms with Gasteiger partial charge in [-0.25, -0.2) is 9.67 Å². The van der Waals surface area contributed by atoms with Crippen molar-refractivity contribution in [1.82, 2.24) is 19.7 Å². The predicted molar refractivity (Wildman–Crippen MR) is 113 cm³/mol. The highest BCUT2D eigenvalue weighted by Gasteiger charge is 2.10. The third-order valence-electron chi connectivity index (χ3n) is 4.68. The first-order valence-corrected chi connectivity index (χ1v) is 9.40. The van der Waals surface area contributed by atoms with Gasteiger partial charge in [0, 0.05) is 11.8 Å². The smallest absolute Gasteiger partial charge is 0.145 e. The lowest BCUT2D eigenvalue weighted by Gasteiger charge is -2.11. The summed E-state index contributed by atoms with van der Waals surface area (Å²) in [7, 11) is 0. The summed E-state index contributed by atoms with van der Waals surface area (Å²) in [5.74, 6) is 0.774. The number of nitrogens with zero attached hydrogens (tertiary/aromatic N) is 4. The van der Waals surface area contributed by atoms with Crippen LogP contribution in [0.25, 0.3) is 28.0 Å². The van der Waals surface area contributed by atoms with Crippen LogP contribution in [0.15, 0.2) is 97.5 Å². The van der Waals surface area contributed by atoms with E-state index in [0.717, 1.165) is 39.3 Å². The van der Waals surface area contributed by atoms with Crippen LogP contribution in [0.3, 0.4) is 0 Å². The molecule has 0 atom stereocenters. The molecule has 0 aliphatic carbocycles. The maximum atomic E-state index is 6.06. The lowest BCUT2D eigenvalue weighted by atomic mass is 10.2. The standard InChI is InChI=1S/C24H18N4O/c1-2-8-18(9-3-1)17-29-24-13-7-6-12-23(24)28-16-19(14-26-28)22-15-25-20-10-4-5-11-21(20)27-22/h1-16H,17H2. The molecule has 5 rings (SSSR count). The summed E-state index contributed by atoms with van der Waals surface area (Å²) < 4.78 is 7.87. The van der Waals surface area contributed by atoms with Gasteiger partial charge in [0.05, 0.1) is 29.1 Å². The Bertz CT molecular complexity index is 1260. The van der Waals surface area contributed by atoms with E-state index in [9.17, 15) is 0 Å². The average Bonchev–Trinajstić information content (AvgIpc) is 3.28. The highest BCUT2D eigenvalue weighted by atomic mass is 16.5. The Kier molecular flexibility index (Phi) is 4.47. The van der Waals surface area contributed by atoms with Crippen LogP contribution in [0.2, 0.25) is 0 Å². The molecule has 29 heavy (non-hydrogen) atoms. The number of hydrogen-bond donors (Lipinski definition) is 0. The van der Waals surface area contributed by atoms with Gasteiger partial charge in [-0.2, -0.15) is 5.10 Å². The monoisotopic (exact) mass is 378 g/mol. The molecule has 5 aromatic rings. The molecule has 2 heterocycles. The van der Waals surface area contributed by atoms with Crippen molar-refractivity contribution in [2.75, 3.05) is 0 Å². The lowest BCUT2D eigenvalue weighted by Crippen LogP contribution is -2.01. The summed E-state index contributed by atoms with van der Waals surface area (Å²) in [6, 6.07) is 25.8. The van der Waals surface area contributed by atoms with Gasteiger partial charge in [0.1, 0.15) is 18.0 Å². The Balaban J connectivity index is 1.44.